The minimum absolute atomic E-state index is 0.0496. The third-order valence-electron chi connectivity index (χ3n) is 6.20. The molecule has 4 rings (SSSR count). The average Bonchev–Trinajstić information content (AvgIpc) is 2.88. The first-order valence-electron chi connectivity index (χ1n) is 12.1. The lowest BCUT2D eigenvalue weighted by Crippen LogP contribution is -2.52. The zero-order valence-corrected chi connectivity index (χ0v) is 21.3. The Morgan fingerprint density at radius 2 is 1.25 bits per heavy atom. The highest BCUT2D eigenvalue weighted by molar-refractivity contribution is 5.77. The normalized spacial score (nSPS) is 24.0. The van der Waals surface area contributed by atoms with E-state index in [2.05, 4.69) is 47.7 Å². The van der Waals surface area contributed by atoms with Crippen molar-refractivity contribution in [3.8, 4) is 11.5 Å². The summed E-state index contributed by atoms with van der Waals surface area (Å²) in [5.41, 5.74) is 13.5. The van der Waals surface area contributed by atoms with Crippen LogP contribution < -0.4 is 31.2 Å². The van der Waals surface area contributed by atoms with Gasteiger partial charge >= 0.3 is 0 Å². The van der Waals surface area contributed by atoms with Gasteiger partial charge in [-0.25, -0.2) is 10.9 Å². The van der Waals surface area contributed by atoms with Gasteiger partial charge in [0, 0.05) is 24.9 Å². The summed E-state index contributed by atoms with van der Waals surface area (Å²) in [5, 5.41) is 0. The Morgan fingerprint density at radius 1 is 0.722 bits per heavy atom. The van der Waals surface area contributed by atoms with Crippen molar-refractivity contribution in [1.29, 1.82) is 0 Å². The molecule has 192 valence electrons. The number of hydrogen-bond donors (Lipinski definition) is 4. The Bertz CT molecular complexity index is 1070. The number of amides is 2. The molecule has 2 aromatic carbocycles. The molecule has 0 radical (unpaired) electrons. The van der Waals surface area contributed by atoms with Crippen LogP contribution in [-0.2, 0) is 9.59 Å². The van der Waals surface area contributed by atoms with E-state index < -0.39 is 0 Å². The number of carbonyl (C=O) groups excluding carboxylic acids is 2. The first kappa shape index (κ1) is 27.0. The van der Waals surface area contributed by atoms with Crippen molar-refractivity contribution in [3.05, 3.63) is 71.8 Å². The molecule has 36 heavy (non-hydrogen) atoms. The number of benzene rings is 2. The molecule has 4 unspecified atom stereocenters. The highest BCUT2D eigenvalue weighted by Gasteiger charge is 2.23. The Balaban J connectivity index is 0.000000201. The molecule has 2 fully saturated rings. The summed E-state index contributed by atoms with van der Waals surface area (Å²) in [6.07, 6.45) is 9.34. The van der Waals surface area contributed by atoms with E-state index in [9.17, 15) is 9.59 Å². The number of methoxy groups -OCH3 is 2. The van der Waals surface area contributed by atoms with Crippen LogP contribution in [0.2, 0.25) is 0 Å². The predicted molar refractivity (Wildman–Crippen MR) is 142 cm³/mol. The van der Waals surface area contributed by atoms with Crippen LogP contribution >= 0.6 is 0 Å². The highest BCUT2D eigenvalue weighted by Crippen LogP contribution is 2.18. The Labute approximate surface area is 213 Å². The molecule has 0 bridgehead atoms. The molecule has 0 aliphatic carbocycles. The second-order valence-electron chi connectivity index (χ2n) is 9.07. The van der Waals surface area contributed by atoms with Crippen molar-refractivity contribution < 1.29 is 19.1 Å². The smallest absolute Gasteiger partial charge is 0.234 e. The summed E-state index contributed by atoms with van der Waals surface area (Å²) < 4.78 is 10.3. The summed E-state index contributed by atoms with van der Waals surface area (Å²) in [4.78, 5) is 22.3. The number of ether oxygens (including phenoxy) is 2. The molecule has 4 atom stereocenters. The molecule has 2 aliphatic heterocycles. The molecule has 8 heteroatoms. The summed E-state index contributed by atoms with van der Waals surface area (Å²) >= 11 is 0. The number of hydrazine groups is 2. The van der Waals surface area contributed by atoms with Gasteiger partial charge in [-0.1, -0.05) is 62.4 Å². The summed E-state index contributed by atoms with van der Waals surface area (Å²) in [5.74, 6) is 2.39. The van der Waals surface area contributed by atoms with E-state index >= 15 is 0 Å². The topological polar surface area (TPSA) is 101 Å². The maximum absolute atomic E-state index is 11.2. The largest absolute Gasteiger partial charge is 0.497 e. The number of rotatable bonds is 6. The zero-order chi connectivity index (χ0) is 25.9. The van der Waals surface area contributed by atoms with Gasteiger partial charge in [-0.2, -0.15) is 0 Å². The molecule has 2 aromatic rings. The van der Waals surface area contributed by atoms with Gasteiger partial charge in [0.15, 0.2) is 0 Å². The fourth-order valence-electron chi connectivity index (χ4n) is 3.92. The first-order valence-corrected chi connectivity index (χ1v) is 12.1. The Hall–Kier alpha value is -3.62. The van der Waals surface area contributed by atoms with Crippen molar-refractivity contribution in [2.45, 2.75) is 38.8 Å². The molecule has 2 aliphatic rings. The van der Waals surface area contributed by atoms with E-state index in [0.717, 1.165) is 22.6 Å². The zero-order valence-electron chi connectivity index (χ0n) is 21.3. The van der Waals surface area contributed by atoms with Crippen LogP contribution in [-0.4, -0.2) is 38.1 Å². The van der Waals surface area contributed by atoms with E-state index in [4.69, 9.17) is 9.47 Å². The van der Waals surface area contributed by atoms with E-state index in [1.54, 1.807) is 14.2 Å². The van der Waals surface area contributed by atoms with E-state index in [1.165, 1.54) is 0 Å². The van der Waals surface area contributed by atoms with Crippen LogP contribution in [0, 0.1) is 11.8 Å². The van der Waals surface area contributed by atoms with Gasteiger partial charge < -0.3 is 9.47 Å². The Morgan fingerprint density at radius 3 is 1.75 bits per heavy atom. The van der Waals surface area contributed by atoms with Gasteiger partial charge in [-0.3, -0.25) is 20.4 Å². The minimum Gasteiger partial charge on any atom is -0.497 e. The molecule has 2 amide bonds. The molecule has 0 saturated carbocycles. The maximum Gasteiger partial charge on any atom is 0.234 e. The molecule has 2 saturated heterocycles. The lowest BCUT2D eigenvalue weighted by Gasteiger charge is -2.27. The second-order valence-corrected chi connectivity index (χ2v) is 9.07. The van der Waals surface area contributed by atoms with Gasteiger partial charge in [0.2, 0.25) is 11.8 Å². The van der Waals surface area contributed by atoms with Crippen molar-refractivity contribution in [1.82, 2.24) is 21.7 Å². The fourth-order valence-corrected chi connectivity index (χ4v) is 3.92. The number of nitrogens with one attached hydrogen (secondary N) is 4. The molecular formula is C28H36N4O4. The third-order valence-corrected chi connectivity index (χ3v) is 6.20. The van der Waals surface area contributed by atoms with Gasteiger partial charge in [0.1, 0.15) is 11.5 Å². The molecule has 0 aromatic heterocycles. The van der Waals surface area contributed by atoms with Crippen LogP contribution in [0.1, 0.15) is 37.8 Å². The van der Waals surface area contributed by atoms with Crippen LogP contribution in [0.25, 0.3) is 12.2 Å². The third kappa shape index (κ3) is 8.25. The van der Waals surface area contributed by atoms with Gasteiger partial charge in [-0.05, 0) is 47.2 Å². The lowest BCUT2D eigenvalue weighted by atomic mass is 9.96. The first-order chi connectivity index (χ1) is 17.4. The van der Waals surface area contributed by atoms with Crippen LogP contribution in [0.5, 0.6) is 11.5 Å². The summed E-state index contributed by atoms with van der Waals surface area (Å²) in [6.45, 7) is 4.13. The molecule has 2 heterocycles. The molecule has 8 nitrogen and oxygen atoms in total. The summed E-state index contributed by atoms with van der Waals surface area (Å²) in [7, 11) is 3.31. The average molecular weight is 493 g/mol. The minimum atomic E-state index is 0.0496. The number of carbonyl (C=O) groups is 2. The molecule has 0 spiro atoms. The molecule has 4 N–H and O–H groups in total. The van der Waals surface area contributed by atoms with Crippen LogP contribution in [0.15, 0.2) is 60.7 Å². The standard InChI is InChI=1S/2C14H18N2O2/c1-10-9-14(17)16-15-13(10)8-5-11-3-6-12(18-2)7-4-11;1-10-8-14(17)16-15-13(10)7-6-11-4-3-5-12(9-11)18-2/h3-8,10,13,15H,9H2,1-2H3,(H,16,17);3-7,9-10,13,15H,8H2,1-2H3,(H,16,17)/b8-5+;7-6+. The lowest BCUT2D eigenvalue weighted by molar-refractivity contribution is -0.126. The SMILES string of the molecule is COc1ccc(/C=C/C2NNC(=O)CC2C)cc1.COc1cccc(/C=C/C2NNC(=O)CC2C)c1. The van der Waals surface area contributed by atoms with Crippen molar-refractivity contribution in [3.63, 3.8) is 0 Å². The number of hydrogen-bond acceptors (Lipinski definition) is 6. The summed E-state index contributed by atoms with van der Waals surface area (Å²) in [6, 6.07) is 16.1. The molecular weight excluding hydrogens is 456 g/mol. The predicted octanol–water partition coefficient (Wildman–Crippen LogP) is 3.48. The van der Waals surface area contributed by atoms with E-state index in [0.29, 0.717) is 24.7 Å². The van der Waals surface area contributed by atoms with Crippen molar-refractivity contribution >= 4 is 24.0 Å². The monoisotopic (exact) mass is 492 g/mol. The maximum atomic E-state index is 11.2. The fraction of sp³-hybridized carbons (Fsp3) is 0.357. The second kappa shape index (κ2) is 13.5. The highest BCUT2D eigenvalue weighted by atomic mass is 16.5. The van der Waals surface area contributed by atoms with Gasteiger partial charge in [0.25, 0.3) is 0 Å². The quantitative estimate of drug-likeness (QED) is 0.493. The van der Waals surface area contributed by atoms with Gasteiger partial charge in [-0.15, -0.1) is 0 Å². The van der Waals surface area contributed by atoms with Gasteiger partial charge in [0.05, 0.1) is 14.2 Å². The van der Waals surface area contributed by atoms with Crippen molar-refractivity contribution in [2.75, 3.05) is 14.2 Å². The van der Waals surface area contributed by atoms with E-state index in [-0.39, 0.29) is 23.9 Å². The van der Waals surface area contributed by atoms with E-state index in [1.807, 2.05) is 60.7 Å². The van der Waals surface area contributed by atoms with Crippen LogP contribution in [0.3, 0.4) is 0 Å². The van der Waals surface area contributed by atoms with Crippen LogP contribution in [0.4, 0.5) is 0 Å². The van der Waals surface area contributed by atoms with Crippen molar-refractivity contribution in [2.24, 2.45) is 11.8 Å². The Kier molecular flexibility index (Phi) is 10.1.